The summed E-state index contributed by atoms with van der Waals surface area (Å²) in [6, 6.07) is -2.82. The molecule has 2 aliphatic heterocycles. The van der Waals surface area contributed by atoms with Crippen molar-refractivity contribution in [2.75, 3.05) is 66.8 Å². The lowest BCUT2D eigenvalue weighted by atomic mass is 9.94. The first-order valence-corrected chi connectivity index (χ1v) is 23.4. The molecular weight excluding hydrogens is 894 g/mol. The van der Waals surface area contributed by atoms with E-state index in [1.165, 1.54) is 6.92 Å². The number of halogens is 1. The Morgan fingerprint density at radius 1 is 0.561 bits per heavy atom. The summed E-state index contributed by atoms with van der Waals surface area (Å²) in [5.41, 5.74) is 0. The maximum absolute atomic E-state index is 12.6. The predicted octanol–water partition coefficient (Wildman–Crippen LogP) is -2.16. The van der Waals surface area contributed by atoms with Gasteiger partial charge in [0, 0.05) is 20.3 Å². The molecule has 0 aromatic carbocycles. The van der Waals surface area contributed by atoms with E-state index in [4.69, 9.17) is 33.2 Å². The summed E-state index contributed by atoms with van der Waals surface area (Å²) in [7, 11) is 3.79. The zero-order chi connectivity index (χ0) is 48.2. The first kappa shape index (κ1) is 61.1. The van der Waals surface area contributed by atoms with E-state index in [1.54, 1.807) is 0 Å². The van der Waals surface area contributed by atoms with Crippen LogP contribution in [0.1, 0.15) is 123 Å². The number of amides is 2. The van der Waals surface area contributed by atoms with Crippen LogP contribution in [-0.2, 0) is 52.3 Å². The van der Waals surface area contributed by atoms with E-state index in [0.29, 0.717) is 37.1 Å². The summed E-state index contributed by atoms with van der Waals surface area (Å²) in [5.74, 6) is -1.34. The Balaban J connectivity index is 0.0000218. The molecule has 66 heavy (non-hydrogen) atoms. The van der Waals surface area contributed by atoms with Crippen molar-refractivity contribution in [2.24, 2.45) is 0 Å². The van der Waals surface area contributed by atoms with Gasteiger partial charge >= 0.3 is 24.0 Å². The summed E-state index contributed by atoms with van der Waals surface area (Å²) in [5, 5.41) is 66.7. The van der Waals surface area contributed by atoms with Crippen LogP contribution in [0.15, 0.2) is 0 Å². The number of nitrogens with zero attached hydrogens (tertiary/aromatic N) is 1. The molecular formula is C44H80ClN3O18. The topological polar surface area (TPSA) is 295 Å². The lowest BCUT2D eigenvalue weighted by Gasteiger charge is -2.47. The van der Waals surface area contributed by atoms with Gasteiger partial charge < -0.3 is 91.3 Å². The number of quaternary nitrogens is 1. The third kappa shape index (κ3) is 24.9. The molecule has 8 N–H and O–H groups in total. The molecule has 2 aliphatic rings. The zero-order valence-electron chi connectivity index (χ0n) is 39.4. The average molecular weight is 975 g/mol. The van der Waals surface area contributed by atoms with Crippen LogP contribution in [0.3, 0.4) is 0 Å². The minimum atomic E-state index is -1.77. The molecule has 0 spiro atoms. The molecule has 0 aromatic rings. The zero-order valence-corrected chi connectivity index (χ0v) is 40.1. The predicted molar refractivity (Wildman–Crippen MR) is 231 cm³/mol. The second kappa shape index (κ2) is 34.3. The molecule has 0 radical (unpaired) electrons. The van der Waals surface area contributed by atoms with Crippen LogP contribution < -0.4 is 23.0 Å². The second-order valence-electron chi connectivity index (χ2n) is 17.6. The highest BCUT2D eigenvalue weighted by Crippen LogP contribution is 2.29. The number of hydrogen-bond acceptors (Lipinski definition) is 18. The molecule has 2 saturated heterocycles. The average Bonchev–Trinajstić information content (AvgIpc) is 3.24. The molecule has 0 aromatic heterocycles. The van der Waals surface area contributed by atoms with Crippen molar-refractivity contribution in [2.45, 2.75) is 184 Å². The van der Waals surface area contributed by atoms with Gasteiger partial charge in [-0.2, -0.15) is 0 Å². The number of nitrogens with one attached hydrogen (secondary N) is 2. The molecule has 10 atom stereocenters. The maximum atomic E-state index is 12.6. The number of aliphatic hydroxyl groups excluding tert-OH is 6. The SMILES string of the molecule is CC(=O)NC1[C@@H](O[C@H]2C(CO)O[C@H](O)C(NC(=O)OCCCCCCCCCCOC(=O)CCCCCCCCCCOC(=O)C[N+](C)(C)CCOC(C)=O)[C@@H]2O)OC(CO)[C@H](O)[C@H]1O.[Cl-]. The van der Waals surface area contributed by atoms with Crippen LogP contribution in [0.25, 0.3) is 0 Å². The quantitative estimate of drug-likeness (QED) is 0.0150. The van der Waals surface area contributed by atoms with Crippen molar-refractivity contribution in [1.29, 1.82) is 0 Å². The van der Waals surface area contributed by atoms with Gasteiger partial charge in [-0.05, 0) is 25.7 Å². The Labute approximate surface area is 395 Å². The van der Waals surface area contributed by atoms with Crippen molar-refractivity contribution >= 4 is 29.9 Å². The van der Waals surface area contributed by atoms with E-state index in [2.05, 4.69) is 10.6 Å². The van der Waals surface area contributed by atoms with Gasteiger partial charge in [-0.3, -0.25) is 14.4 Å². The van der Waals surface area contributed by atoms with Gasteiger partial charge in [0.15, 0.2) is 19.1 Å². The summed E-state index contributed by atoms with van der Waals surface area (Å²) in [6.07, 6.45) is 2.26. The number of esters is 3. The molecule has 0 saturated carbocycles. The Hall–Kier alpha value is -2.96. The first-order valence-electron chi connectivity index (χ1n) is 23.4. The highest BCUT2D eigenvalue weighted by molar-refractivity contribution is 5.73. The number of hydrogen-bond donors (Lipinski definition) is 8. The van der Waals surface area contributed by atoms with Gasteiger partial charge in [-0.15, -0.1) is 0 Å². The van der Waals surface area contributed by atoms with Crippen LogP contribution >= 0.6 is 0 Å². The van der Waals surface area contributed by atoms with Gasteiger partial charge in [0.25, 0.3) is 0 Å². The van der Waals surface area contributed by atoms with Gasteiger partial charge in [0.05, 0.1) is 47.1 Å². The van der Waals surface area contributed by atoms with Crippen LogP contribution in [0, 0.1) is 0 Å². The van der Waals surface area contributed by atoms with E-state index in [-0.39, 0.29) is 50.1 Å². The summed E-state index contributed by atoms with van der Waals surface area (Å²) in [4.78, 5) is 59.5. The smallest absolute Gasteiger partial charge is 0.407 e. The summed E-state index contributed by atoms with van der Waals surface area (Å²) >= 11 is 0. The van der Waals surface area contributed by atoms with Gasteiger partial charge in [0.2, 0.25) is 5.91 Å². The molecule has 0 bridgehead atoms. The number of rotatable bonds is 33. The Morgan fingerprint density at radius 3 is 1.58 bits per heavy atom. The molecule has 22 heteroatoms. The van der Waals surface area contributed by atoms with E-state index in [0.717, 1.165) is 103 Å². The fourth-order valence-electron chi connectivity index (χ4n) is 7.54. The molecule has 0 aliphatic carbocycles. The Kier molecular flexibility index (Phi) is 31.8. The standard InChI is InChI=1S/C44H79N3O18.ClH/c1-30(50)45-37-39(55)38(54)32(28-48)64-43(37)65-41-33(29-49)63-42(57)36(40(41)56)46-44(58)62-25-20-16-12-8-7-11-14-18-23-60-34(52)21-17-13-9-5-6-10-15-19-24-61-35(53)27-47(3,4)22-26-59-31(2)51;/h32-33,36-43,48-49,54-57H,5-29H2,1-4H3,(H-,45,46,50,58);1H/t32?,33?,36?,37?,38-,39-,40-,41-,42-,43+;/m0./s1. The number of carbonyl (C=O) groups is 5. The van der Waals surface area contributed by atoms with E-state index in [9.17, 15) is 54.6 Å². The van der Waals surface area contributed by atoms with Crippen LogP contribution in [0.4, 0.5) is 4.79 Å². The van der Waals surface area contributed by atoms with Gasteiger partial charge in [0.1, 0.15) is 61.9 Å². The van der Waals surface area contributed by atoms with Crippen molar-refractivity contribution < 1.29 is 105 Å². The van der Waals surface area contributed by atoms with Crippen LogP contribution in [-0.4, -0.2) is 193 Å². The molecule has 386 valence electrons. The van der Waals surface area contributed by atoms with Crippen LogP contribution in [0.5, 0.6) is 0 Å². The second-order valence-corrected chi connectivity index (χ2v) is 17.6. The van der Waals surface area contributed by atoms with Crippen molar-refractivity contribution in [3.63, 3.8) is 0 Å². The normalized spacial score (nSPS) is 25.2. The monoisotopic (exact) mass is 974 g/mol. The number of likely N-dealkylation sites (N-methyl/N-ethyl adjacent to an activating group) is 1. The summed E-state index contributed by atoms with van der Waals surface area (Å²) in [6.45, 7) is 3.01. The minimum absolute atomic E-state index is 0. The van der Waals surface area contributed by atoms with E-state index in [1.807, 2.05) is 14.1 Å². The number of ether oxygens (including phenoxy) is 7. The van der Waals surface area contributed by atoms with E-state index < -0.39 is 86.5 Å². The lowest BCUT2D eigenvalue weighted by molar-refractivity contribution is -0.883. The van der Waals surface area contributed by atoms with Gasteiger partial charge in [-0.25, -0.2) is 9.59 Å². The molecule has 4 unspecified atom stereocenters. The third-order valence-corrected chi connectivity index (χ3v) is 11.3. The van der Waals surface area contributed by atoms with Crippen molar-refractivity contribution in [3.05, 3.63) is 0 Å². The molecule has 2 rings (SSSR count). The number of unbranched alkanes of at least 4 members (excludes halogenated alkanes) is 14. The van der Waals surface area contributed by atoms with Crippen molar-refractivity contribution in [1.82, 2.24) is 10.6 Å². The molecule has 2 heterocycles. The Morgan fingerprint density at radius 2 is 1.06 bits per heavy atom. The third-order valence-electron chi connectivity index (χ3n) is 11.3. The lowest BCUT2D eigenvalue weighted by Crippen LogP contribution is -3.00. The number of aliphatic hydroxyl groups is 6. The van der Waals surface area contributed by atoms with Crippen LogP contribution in [0.2, 0.25) is 0 Å². The maximum Gasteiger partial charge on any atom is 0.407 e. The van der Waals surface area contributed by atoms with E-state index >= 15 is 0 Å². The highest BCUT2D eigenvalue weighted by atomic mass is 35.5. The molecule has 21 nitrogen and oxygen atoms in total. The highest BCUT2D eigenvalue weighted by Gasteiger charge is 2.51. The first-order chi connectivity index (χ1) is 31.0. The van der Waals surface area contributed by atoms with Crippen molar-refractivity contribution in [3.8, 4) is 0 Å². The molecule has 2 amide bonds. The minimum Gasteiger partial charge on any atom is -1.00 e. The fourth-order valence-corrected chi connectivity index (χ4v) is 7.54. The Bertz CT molecular complexity index is 1380. The molecule has 2 fully saturated rings. The number of alkyl carbamates (subject to hydrolysis) is 1. The fraction of sp³-hybridized carbons (Fsp3) is 0.886. The largest absolute Gasteiger partial charge is 1.00 e. The number of carbonyl (C=O) groups excluding carboxylic acids is 5. The summed E-state index contributed by atoms with van der Waals surface area (Å²) < 4.78 is 38.1. The van der Waals surface area contributed by atoms with Gasteiger partial charge in [-0.1, -0.05) is 77.0 Å².